The van der Waals surface area contributed by atoms with Crippen molar-refractivity contribution in [1.82, 2.24) is 9.78 Å². The van der Waals surface area contributed by atoms with Crippen LogP contribution in [0.3, 0.4) is 0 Å². The molecule has 2 aromatic rings. The van der Waals surface area contributed by atoms with E-state index in [0.29, 0.717) is 12.0 Å². The van der Waals surface area contributed by atoms with Gasteiger partial charge in [-0.15, -0.1) is 11.3 Å². The lowest BCUT2D eigenvalue weighted by Gasteiger charge is -2.08. The molecule has 0 atom stereocenters. The summed E-state index contributed by atoms with van der Waals surface area (Å²) in [5.74, 6) is -1.62. The van der Waals surface area contributed by atoms with Gasteiger partial charge in [0.1, 0.15) is 11.5 Å². The minimum Gasteiger partial charge on any atom is -0.462 e. The summed E-state index contributed by atoms with van der Waals surface area (Å²) >= 11 is 0.963. The molecule has 0 aromatic carbocycles. The molecule has 3 N–H and O–H groups in total. The fraction of sp³-hybridized carbons (Fsp3) is 0.375. The molecule has 0 unspecified atom stereocenters. The first kappa shape index (κ1) is 18.7. The van der Waals surface area contributed by atoms with E-state index < -0.39 is 11.9 Å². The number of rotatable bonds is 7. The SMILES string of the molecule is CCCOC(=O)c1c(NC(=O)Cn2ccc(C)n2)sc(C(N)=O)c1C. The number of amides is 2. The number of thiophene rings is 1. The van der Waals surface area contributed by atoms with Gasteiger partial charge in [0.15, 0.2) is 0 Å². The summed E-state index contributed by atoms with van der Waals surface area (Å²) in [6.45, 7) is 5.53. The lowest BCUT2D eigenvalue weighted by Crippen LogP contribution is -2.20. The number of esters is 1. The molecule has 134 valence electrons. The van der Waals surface area contributed by atoms with Crippen LogP contribution in [0.1, 0.15) is 44.6 Å². The van der Waals surface area contributed by atoms with Crippen molar-refractivity contribution in [3.8, 4) is 0 Å². The molecule has 0 aliphatic rings. The van der Waals surface area contributed by atoms with E-state index in [4.69, 9.17) is 10.5 Å². The topological polar surface area (TPSA) is 116 Å². The third-order valence-electron chi connectivity index (χ3n) is 3.34. The minimum atomic E-state index is -0.657. The Kier molecular flexibility index (Phi) is 5.92. The van der Waals surface area contributed by atoms with Gasteiger partial charge < -0.3 is 15.8 Å². The van der Waals surface area contributed by atoms with E-state index in [1.165, 1.54) is 4.68 Å². The van der Waals surface area contributed by atoms with Gasteiger partial charge >= 0.3 is 5.97 Å². The van der Waals surface area contributed by atoms with Gasteiger partial charge in [-0.25, -0.2) is 4.79 Å². The van der Waals surface area contributed by atoms with Crippen LogP contribution in [0.15, 0.2) is 12.3 Å². The van der Waals surface area contributed by atoms with Crippen molar-refractivity contribution in [2.24, 2.45) is 5.73 Å². The van der Waals surface area contributed by atoms with Crippen molar-refractivity contribution in [2.45, 2.75) is 33.7 Å². The smallest absolute Gasteiger partial charge is 0.341 e. The maximum atomic E-state index is 12.3. The van der Waals surface area contributed by atoms with Crippen molar-refractivity contribution < 1.29 is 19.1 Å². The summed E-state index contributed by atoms with van der Waals surface area (Å²) < 4.78 is 6.62. The summed E-state index contributed by atoms with van der Waals surface area (Å²) in [7, 11) is 0. The number of aromatic nitrogens is 2. The predicted molar refractivity (Wildman–Crippen MR) is 93.7 cm³/mol. The highest BCUT2D eigenvalue weighted by Crippen LogP contribution is 2.33. The summed E-state index contributed by atoms with van der Waals surface area (Å²) in [5.41, 5.74) is 6.71. The molecule has 2 amide bonds. The molecule has 8 nitrogen and oxygen atoms in total. The first-order valence-corrected chi connectivity index (χ1v) is 8.55. The molecular formula is C16H20N4O4S. The molecule has 25 heavy (non-hydrogen) atoms. The average Bonchev–Trinajstić information content (AvgIpc) is 3.08. The van der Waals surface area contributed by atoms with E-state index >= 15 is 0 Å². The second kappa shape index (κ2) is 7.93. The van der Waals surface area contributed by atoms with Gasteiger partial charge in [0.2, 0.25) is 5.91 Å². The highest BCUT2D eigenvalue weighted by Gasteiger charge is 2.25. The van der Waals surface area contributed by atoms with Crippen LogP contribution in [-0.4, -0.2) is 34.2 Å². The maximum Gasteiger partial charge on any atom is 0.341 e. The maximum absolute atomic E-state index is 12.3. The third kappa shape index (κ3) is 4.44. The highest BCUT2D eigenvalue weighted by atomic mass is 32.1. The average molecular weight is 364 g/mol. The molecule has 0 spiro atoms. The summed E-state index contributed by atoms with van der Waals surface area (Å²) in [6, 6.07) is 1.78. The van der Waals surface area contributed by atoms with E-state index in [0.717, 1.165) is 17.0 Å². The van der Waals surface area contributed by atoms with E-state index in [-0.39, 0.29) is 34.5 Å². The Hall–Kier alpha value is -2.68. The van der Waals surface area contributed by atoms with Crippen LogP contribution >= 0.6 is 11.3 Å². The first-order chi connectivity index (χ1) is 11.8. The van der Waals surface area contributed by atoms with Crippen molar-refractivity contribution in [1.29, 1.82) is 0 Å². The van der Waals surface area contributed by atoms with Gasteiger partial charge in [-0.2, -0.15) is 5.10 Å². The van der Waals surface area contributed by atoms with Crippen LogP contribution in [0.5, 0.6) is 0 Å². The molecule has 2 heterocycles. The van der Waals surface area contributed by atoms with Gasteiger partial charge in [-0.1, -0.05) is 6.92 Å². The highest BCUT2D eigenvalue weighted by molar-refractivity contribution is 7.18. The number of ether oxygens (including phenoxy) is 1. The number of anilines is 1. The minimum absolute atomic E-state index is 0.0137. The number of nitrogens with one attached hydrogen (secondary N) is 1. The van der Waals surface area contributed by atoms with Crippen LogP contribution in [0, 0.1) is 13.8 Å². The van der Waals surface area contributed by atoms with E-state index in [1.807, 2.05) is 13.8 Å². The summed E-state index contributed by atoms with van der Waals surface area (Å²) in [6.07, 6.45) is 2.35. The zero-order valence-corrected chi connectivity index (χ0v) is 15.1. The zero-order valence-electron chi connectivity index (χ0n) is 14.3. The van der Waals surface area contributed by atoms with Crippen molar-refractivity contribution in [2.75, 3.05) is 11.9 Å². The van der Waals surface area contributed by atoms with Gasteiger partial charge in [0, 0.05) is 6.20 Å². The Bertz CT molecular complexity index is 809. The third-order valence-corrected chi connectivity index (χ3v) is 4.57. The Labute approximate surface area is 149 Å². The van der Waals surface area contributed by atoms with Crippen LogP contribution in [0.25, 0.3) is 0 Å². The summed E-state index contributed by atoms with van der Waals surface area (Å²) in [4.78, 5) is 36.3. The van der Waals surface area contributed by atoms with E-state index in [9.17, 15) is 14.4 Å². The number of carbonyl (C=O) groups is 3. The normalized spacial score (nSPS) is 10.5. The van der Waals surface area contributed by atoms with Crippen LogP contribution in [0.2, 0.25) is 0 Å². The molecule has 0 aliphatic heterocycles. The largest absolute Gasteiger partial charge is 0.462 e. The molecule has 0 radical (unpaired) electrons. The monoisotopic (exact) mass is 364 g/mol. The van der Waals surface area contributed by atoms with Crippen LogP contribution < -0.4 is 11.1 Å². The number of aryl methyl sites for hydroxylation is 1. The second-order valence-corrected chi connectivity index (χ2v) is 6.48. The van der Waals surface area contributed by atoms with Crippen LogP contribution in [0.4, 0.5) is 5.00 Å². The quantitative estimate of drug-likeness (QED) is 0.728. The summed E-state index contributed by atoms with van der Waals surface area (Å²) in [5, 5.41) is 7.04. The van der Waals surface area contributed by atoms with Crippen LogP contribution in [-0.2, 0) is 16.1 Å². The molecule has 0 aliphatic carbocycles. The Balaban J connectivity index is 2.25. The first-order valence-electron chi connectivity index (χ1n) is 7.73. The second-order valence-electron chi connectivity index (χ2n) is 5.46. The molecule has 0 bridgehead atoms. The van der Waals surface area contributed by atoms with Crippen molar-refractivity contribution in [3.63, 3.8) is 0 Å². The molecular weight excluding hydrogens is 344 g/mol. The fourth-order valence-electron chi connectivity index (χ4n) is 2.21. The molecule has 2 aromatic heterocycles. The number of hydrogen-bond acceptors (Lipinski definition) is 6. The number of hydrogen-bond donors (Lipinski definition) is 2. The van der Waals surface area contributed by atoms with Gasteiger partial charge in [0.25, 0.3) is 5.91 Å². The van der Waals surface area contributed by atoms with Crippen molar-refractivity contribution in [3.05, 3.63) is 34.0 Å². The molecule has 0 saturated heterocycles. The predicted octanol–water partition coefficient (Wildman–Crippen LogP) is 1.87. The number of nitrogens with two attached hydrogens (primary N) is 1. The standard InChI is InChI=1S/C16H20N4O4S/c1-4-7-24-16(23)12-10(3)13(14(17)22)25-15(12)18-11(21)8-20-6-5-9(2)19-20/h5-6H,4,7-8H2,1-3H3,(H2,17,22)(H,18,21). The van der Waals surface area contributed by atoms with E-state index in [2.05, 4.69) is 10.4 Å². The molecule has 0 fully saturated rings. The fourth-order valence-corrected chi connectivity index (χ4v) is 3.28. The Morgan fingerprint density at radius 1 is 1.36 bits per heavy atom. The number of carbonyl (C=O) groups excluding carboxylic acids is 3. The number of nitrogens with zero attached hydrogens (tertiary/aromatic N) is 2. The van der Waals surface area contributed by atoms with E-state index in [1.54, 1.807) is 19.2 Å². The lowest BCUT2D eigenvalue weighted by molar-refractivity contribution is -0.116. The Morgan fingerprint density at radius 2 is 2.08 bits per heavy atom. The van der Waals surface area contributed by atoms with Gasteiger partial charge in [0.05, 0.1) is 22.7 Å². The van der Waals surface area contributed by atoms with Crippen molar-refractivity contribution >= 4 is 34.1 Å². The number of primary amides is 1. The van der Waals surface area contributed by atoms with Gasteiger partial charge in [-0.05, 0) is 31.9 Å². The zero-order chi connectivity index (χ0) is 18.6. The Morgan fingerprint density at radius 3 is 2.64 bits per heavy atom. The molecule has 0 saturated carbocycles. The molecule has 2 rings (SSSR count). The van der Waals surface area contributed by atoms with Gasteiger partial charge in [-0.3, -0.25) is 14.3 Å². The molecule has 9 heteroatoms. The lowest BCUT2D eigenvalue weighted by atomic mass is 10.1.